The molecule has 1 amide bonds. The van der Waals surface area contributed by atoms with Crippen molar-refractivity contribution in [2.24, 2.45) is 0 Å². The van der Waals surface area contributed by atoms with E-state index in [0.717, 1.165) is 70.0 Å². The highest BCUT2D eigenvalue weighted by molar-refractivity contribution is 8.13. The van der Waals surface area contributed by atoms with Gasteiger partial charge in [0.15, 0.2) is 0 Å². The molecule has 2 bridgehead atoms. The zero-order valence-electron chi connectivity index (χ0n) is 21.6. The fourth-order valence-corrected chi connectivity index (χ4v) is 8.37. The first kappa shape index (κ1) is 24.9. The second-order valence-electron chi connectivity index (χ2n) is 10.9. The van der Waals surface area contributed by atoms with Gasteiger partial charge in [-0.2, -0.15) is 0 Å². The monoisotopic (exact) mass is 497 g/mol. The molecular weight excluding hydrogens is 457 g/mol. The number of aryl methyl sites for hydroxylation is 2. The highest BCUT2D eigenvalue weighted by Crippen LogP contribution is 2.42. The van der Waals surface area contributed by atoms with Crippen molar-refractivity contribution in [3.63, 3.8) is 0 Å². The average molecular weight is 498 g/mol. The van der Waals surface area contributed by atoms with Gasteiger partial charge in [-0.3, -0.25) is 9.78 Å². The van der Waals surface area contributed by atoms with Gasteiger partial charge in [0.1, 0.15) is 5.67 Å². The number of hydrogen-bond donors (Lipinski definition) is 0. The molecule has 4 nitrogen and oxygen atoms in total. The van der Waals surface area contributed by atoms with Crippen molar-refractivity contribution in [2.75, 3.05) is 13.1 Å². The quantitative estimate of drug-likeness (QED) is 0.417. The zero-order chi connectivity index (χ0) is 24.6. The van der Waals surface area contributed by atoms with Crippen LogP contribution in [0.1, 0.15) is 82.9 Å². The van der Waals surface area contributed by atoms with Crippen molar-refractivity contribution in [2.45, 2.75) is 108 Å². The van der Waals surface area contributed by atoms with E-state index in [1.54, 1.807) is 6.92 Å². The standard InChI is InChI=1S/C29H40FN3OS/c1-4-35-26-14-11-21(2)24-13-12-22(31-27(24)26)9-6-5-7-19-32(23-15-17-29(3,30)18-16-23)28(34)25-10-8-20-33(25)35/h4,11-14,23,25H,5-10,15-20H2,1-3H3/t23?,25-,29?,35?/m0/s1. The molecule has 0 N–H and O–H groups in total. The molecular formula is C29H40FN3OS. The maximum atomic E-state index is 14.6. The summed E-state index contributed by atoms with van der Waals surface area (Å²) in [7, 11) is -0.295. The topological polar surface area (TPSA) is 36.4 Å². The molecule has 0 spiro atoms. The van der Waals surface area contributed by atoms with Crippen LogP contribution in [-0.4, -0.2) is 56.3 Å². The van der Waals surface area contributed by atoms with Crippen LogP contribution in [0.15, 0.2) is 29.2 Å². The van der Waals surface area contributed by atoms with Crippen LogP contribution in [0.3, 0.4) is 0 Å². The van der Waals surface area contributed by atoms with E-state index in [9.17, 15) is 9.18 Å². The van der Waals surface area contributed by atoms with Crippen molar-refractivity contribution >= 4 is 32.8 Å². The van der Waals surface area contributed by atoms with Gasteiger partial charge < -0.3 is 4.90 Å². The Morgan fingerprint density at radius 1 is 1.06 bits per heavy atom. The van der Waals surface area contributed by atoms with Crippen LogP contribution >= 0.6 is 10.7 Å². The third-order valence-corrected chi connectivity index (χ3v) is 10.5. The fraction of sp³-hybridized carbons (Fsp3) is 0.621. The number of nitrogens with zero attached hydrogens (tertiary/aromatic N) is 3. The number of rotatable bonds is 1. The van der Waals surface area contributed by atoms with Crippen molar-refractivity contribution in [1.29, 1.82) is 0 Å². The maximum absolute atomic E-state index is 14.6. The van der Waals surface area contributed by atoms with Crippen LogP contribution in [0.4, 0.5) is 4.39 Å². The van der Waals surface area contributed by atoms with Crippen molar-refractivity contribution in [1.82, 2.24) is 14.2 Å². The van der Waals surface area contributed by atoms with E-state index in [0.29, 0.717) is 12.8 Å². The highest BCUT2D eigenvalue weighted by Gasteiger charge is 2.40. The summed E-state index contributed by atoms with van der Waals surface area (Å²) in [6, 6.07) is 8.97. The molecule has 1 aromatic heterocycles. The van der Waals surface area contributed by atoms with Gasteiger partial charge in [-0.25, -0.2) is 8.70 Å². The molecule has 1 saturated heterocycles. The van der Waals surface area contributed by atoms with E-state index in [4.69, 9.17) is 4.98 Å². The molecule has 1 aliphatic carbocycles. The van der Waals surface area contributed by atoms with Gasteiger partial charge >= 0.3 is 0 Å². The summed E-state index contributed by atoms with van der Waals surface area (Å²) in [6.07, 6.45) is 8.76. The van der Waals surface area contributed by atoms with Gasteiger partial charge in [-0.15, -0.1) is 0 Å². The Hall–Kier alpha value is -1.79. The predicted octanol–water partition coefficient (Wildman–Crippen LogP) is 6.60. The number of alkyl halides is 1. The van der Waals surface area contributed by atoms with Crippen LogP contribution in [0, 0.1) is 6.92 Å². The Kier molecular flexibility index (Phi) is 7.32. The summed E-state index contributed by atoms with van der Waals surface area (Å²) in [4.78, 5) is 22.7. The summed E-state index contributed by atoms with van der Waals surface area (Å²) in [5.41, 5.74) is 2.44. The van der Waals surface area contributed by atoms with Crippen LogP contribution < -0.4 is 0 Å². The Morgan fingerprint density at radius 3 is 2.63 bits per heavy atom. The number of pyridine rings is 1. The lowest BCUT2D eigenvalue weighted by Crippen LogP contribution is -2.51. The third kappa shape index (κ3) is 5.06. The first-order valence-electron chi connectivity index (χ1n) is 13.6. The predicted molar refractivity (Wildman–Crippen MR) is 145 cm³/mol. The van der Waals surface area contributed by atoms with Gasteiger partial charge in [0, 0.05) is 35.1 Å². The molecule has 35 heavy (non-hydrogen) atoms. The number of carbonyl (C=O) groups excluding carboxylic acids is 1. The molecule has 3 aliphatic rings. The molecule has 1 aromatic carbocycles. The molecule has 3 heterocycles. The molecule has 2 aromatic rings. The lowest BCUT2D eigenvalue weighted by atomic mass is 9.84. The van der Waals surface area contributed by atoms with Crippen LogP contribution in [0.25, 0.3) is 10.9 Å². The van der Waals surface area contributed by atoms with Crippen molar-refractivity contribution in [3.05, 3.63) is 35.5 Å². The van der Waals surface area contributed by atoms with Gasteiger partial charge in [0.2, 0.25) is 5.91 Å². The van der Waals surface area contributed by atoms with Crippen LogP contribution in [-0.2, 0) is 11.2 Å². The second kappa shape index (κ2) is 10.3. The molecule has 5 rings (SSSR count). The van der Waals surface area contributed by atoms with Crippen LogP contribution in [0.2, 0.25) is 0 Å². The summed E-state index contributed by atoms with van der Waals surface area (Å²) in [6.45, 7) is 7.73. The third-order valence-electron chi connectivity index (χ3n) is 8.34. The number of aromatic nitrogens is 1. The first-order valence-corrected chi connectivity index (χ1v) is 14.8. The Labute approximate surface area is 212 Å². The largest absolute Gasteiger partial charge is 0.338 e. The maximum Gasteiger partial charge on any atom is 0.241 e. The van der Waals surface area contributed by atoms with E-state index < -0.39 is 5.67 Å². The number of benzene rings is 1. The van der Waals surface area contributed by atoms with Crippen molar-refractivity contribution < 1.29 is 9.18 Å². The van der Waals surface area contributed by atoms with E-state index in [-0.39, 0.29) is 28.7 Å². The fourth-order valence-electron chi connectivity index (χ4n) is 6.24. The minimum Gasteiger partial charge on any atom is -0.338 e. The lowest BCUT2D eigenvalue weighted by Gasteiger charge is -2.41. The van der Waals surface area contributed by atoms with Gasteiger partial charge in [-0.05, 0) is 102 Å². The second-order valence-corrected chi connectivity index (χ2v) is 12.9. The number of carbonyl (C=O) groups is 1. The lowest BCUT2D eigenvalue weighted by molar-refractivity contribution is -0.138. The van der Waals surface area contributed by atoms with Gasteiger partial charge in [-0.1, -0.05) is 29.2 Å². The first-order chi connectivity index (χ1) is 16.9. The smallest absolute Gasteiger partial charge is 0.241 e. The molecule has 0 radical (unpaired) electrons. The Bertz CT molecular complexity index is 1120. The molecule has 1 unspecified atom stereocenters. The summed E-state index contributed by atoms with van der Waals surface area (Å²) in [5, 5.41) is 3.49. The average Bonchev–Trinajstić information content (AvgIpc) is 3.32. The molecule has 2 aliphatic heterocycles. The molecule has 2 fully saturated rings. The van der Waals surface area contributed by atoms with Crippen LogP contribution in [0.5, 0.6) is 0 Å². The number of fused-ring (bicyclic) bond motifs is 2. The normalized spacial score (nSPS) is 31.1. The minimum absolute atomic E-state index is 0.101. The molecule has 6 heteroatoms. The summed E-state index contributed by atoms with van der Waals surface area (Å²) >= 11 is 0. The van der Waals surface area contributed by atoms with E-state index in [1.807, 2.05) is 0 Å². The van der Waals surface area contributed by atoms with Gasteiger partial charge in [0.05, 0.1) is 11.6 Å². The number of amides is 1. The molecule has 1 saturated carbocycles. The zero-order valence-corrected chi connectivity index (χ0v) is 22.4. The minimum atomic E-state index is -1.08. The molecule has 2 atom stereocenters. The van der Waals surface area contributed by atoms with E-state index in [2.05, 4.69) is 52.7 Å². The number of halogens is 1. The Balaban J connectivity index is 1.54. The summed E-state index contributed by atoms with van der Waals surface area (Å²) < 4.78 is 17.0. The Morgan fingerprint density at radius 2 is 1.86 bits per heavy atom. The highest BCUT2D eigenvalue weighted by atomic mass is 32.2. The SMILES string of the molecule is C/C=S1/c2ccc(C)c3ccc(nc23)CCCCCN(C2CCC(C)(F)CC2)C(=O)[C@@H]2CCCN21. The number of hydrogen-bond acceptors (Lipinski definition) is 3. The van der Waals surface area contributed by atoms with Crippen molar-refractivity contribution in [3.8, 4) is 0 Å². The van der Waals surface area contributed by atoms with Gasteiger partial charge in [0.25, 0.3) is 0 Å². The van der Waals surface area contributed by atoms with E-state index >= 15 is 0 Å². The summed E-state index contributed by atoms with van der Waals surface area (Å²) in [5.74, 6) is 0.274. The van der Waals surface area contributed by atoms with E-state index in [1.165, 1.54) is 21.5 Å². The molecule has 190 valence electrons.